The fourth-order valence-electron chi connectivity index (χ4n) is 3.99. The third-order valence-corrected chi connectivity index (χ3v) is 5.77. The van der Waals surface area contributed by atoms with Crippen LogP contribution < -0.4 is 5.32 Å². The predicted octanol–water partition coefficient (Wildman–Crippen LogP) is 4.98. The van der Waals surface area contributed by atoms with Crippen LogP contribution in [-0.2, 0) is 0 Å². The standard InChI is InChI=1S/C21H21BrN2O/c1-24(2)21(25)14-8-11-19-18(12-14)16-4-3-5-17(16)20(23-19)13-6-9-15(22)10-7-13/h3-4,6-12,16-17,20,23H,5H2,1-2H3. The summed E-state index contributed by atoms with van der Waals surface area (Å²) in [5, 5.41) is 3.72. The maximum Gasteiger partial charge on any atom is 0.253 e. The minimum absolute atomic E-state index is 0.0522. The van der Waals surface area contributed by atoms with Crippen LogP contribution in [0.25, 0.3) is 0 Å². The van der Waals surface area contributed by atoms with E-state index < -0.39 is 0 Å². The minimum Gasteiger partial charge on any atom is -0.378 e. The maximum atomic E-state index is 12.3. The summed E-state index contributed by atoms with van der Waals surface area (Å²) in [6, 6.07) is 14.9. The zero-order valence-electron chi connectivity index (χ0n) is 14.4. The second-order valence-electron chi connectivity index (χ2n) is 7.03. The molecular weight excluding hydrogens is 376 g/mol. The lowest BCUT2D eigenvalue weighted by atomic mass is 9.76. The Bertz CT molecular complexity index is 841. The molecule has 2 aliphatic rings. The molecule has 1 aliphatic heterocycles. The zero-order valence-corrected chi connectivity index (χ0v) is 16.0. The quantitative estimate of drug-likeness (QED) is 0.726. The number of rotatable bonds is 2. The number of benzene rings is 2. The maximum absolute atomic E-state index is 12.3. The van der Waals surface area contributed by atoms with Gasteiger partial charge >= 0.3 is 0 Å². The molecule has 3 nitrogen and oxygen atoms in total. The Kier molecular flexibility index (Phi) is 4.16. The number of anilines is 1. The van der Waals surface area contributed by atoms with Gasteiger partial charge in [-0.05, 0) is 53.8 Å². The molecule has 0 aromatic heterocycles. The second-order valence-corrected chi connectivity index (χ2v) is 7.94. The van der Waals surface area contributed by atoms with E-state index in [9.17, 15) is 4.79 Å². The van der Waals surface area contributed by atoms with Crippen molar-refractivity contribution in [2.75, 3.05) is 19.4 Å². The molecule has 1 heterocycles. The van der Waals surface area contributed by atoms with Gasteiger partial charge in [0, 0.05) is 35.7 Å². The molecule has 2 aromatic carbocycles. The molecule has 25 heavy (non-hydrogen) atoms. The van der Waals surface area contributed by atoms with Crippen molar-refractivity contribution in [1.29, 1.82) is 0 Å². The van der Waals surface area contributed by atoms with Gasteiger partial charge < -0.3 is 10.2 Å². The van der Waals surface area contributed by atoms with Crippen molar-refractivity contribution < 1.29 is 4.79 Å². The molecule has 2 aromatic rings. The summed E-state index contributed by atoms with van der Waals surface area (Å²) >= 11 is 3.52. The first-order valence-electron chi connectivity index (χ1n) is 8.59. The van der Waals surface area contributed by atoms with E-state index >= 15 is 0 Å². The van der Waals surface area contributed by atoms with E-state index in [0.29, 0.717) is 11.8 Å². The van der Waals surface area contributed by atoms with E-state index in [1.165, 1.54) is 11.1 Å². The van der Waals surface area contributed by atoms with Gasteiger partial charge in [0.25, 0.3) is 5.91 Å². The molecule has 0 fully saturated rings. The Labute approximate surface area is 156 Å². The average molecular weight is 397 g/mol. The van der Waals surface area contributed by atoms with Gasteiger partial charge in [-0.15, -0.1) is 0 Å². The molecule has 4 heteroatoms. The number of nitrogens with zero attached hydrogens (tertiary/aromatic N) is 1. The number of amides is 1. The van der Waals surface area contributed by atoms with E-state index in [2.05, 4.69) is 69.8 Å². The van der Waals surface area contributed by atoms with Crippen molar-refractivity contribution in [3.8, 4) is 0 Å². The Balaban J connectivity index is 1.73. The van der Waals surface area contributed by atoms with E-state index in [-0.39, 0.29) is 11.9 Å². The molecule has 128 valence electrons. The average Bonchev–Trinajstić information content (AvgIpc) is 3.10. The SMILES string of the molecule is CN(C)C(=O)c1ccc2c(c1)C1C=CCC1C(c1ccc(Br)cc1)N2. The third-order valence-electron chi connectivity index (χ3n) is 5.25. The van der Waals surface area contributed by atoms with Gasteiger partial charge in [-0.2, -0.15) is 0 Å². The molecule has 1 N–H and O–H groups in total. The number of carbonyl (C=O) groups excluding carboxylic acids is 1. The highest BCUT2D eigenvalue weighted by Gasteiger charge is 2.38. The largest absolute Gasteiger partial charge is 0.378 e. The van der Waals surface area contributed by atoms with Crippen LogP contribution in [0.3, 0.4) is 0 Å². The Morgan fingerprint density at radius 3 is 2.64 bits per heavy atom. The van der Waals surface area contributed by atoms with Crippen LogP contribution in [0.4, 0.5) is 5.69 Å². The van der Waals surface area contributed by atoms with Crippen LogP contribution in [0.15, 0.2) is 59.1 Å². The third kappa shape index (κ3) is 2.89. The molecular formula is C21H21BrN2O. The Hall–Kier alpha value is -2.07. The van der Waals surface area contributed by atoms with Crippen molar-refractivity contribution in [3.63, 3.8) is 0 Å². The second kappa shape index (κ2) is 6.34. The fourth-order valence-corrected chi connectivity index (χ4v) is 4.25. The fraction of sp³-hybridized carbons (Fsp3) is 0.286. The minimum atomic E-state index is 0.0522. The van der Waals surface area contributed by atoms with Crippen molar-refractivity contribution in [3.05, 3.63) is 75.8 Å². The van der Waals surface area contributed by atoms with Crippen molar-refractivity contribution in [1.82, 2.24) is 4.90 Å². The van der Waals surface area contributed by atoms with Crippen LogP contribution >= 0.6 is 15.9 Å². The van der Waals surface area contributed by atoms with Crippen LogP contribution in [0, 0.1) is 5.92 Å². The van der Waals surface area contributed by atoms with E-state index in [1.54, 1.807) is 19.0 Å². The first kappa shape index (κ1) is 16.4. The molecule has 1 aliphatic carbocycles. The van der Waals surface area contributed by atoms with Gasteiger partial charge in [0.1, 0.15) is 0 Å². The highest BCUT2D eigenvalue weighted by Crippen LogP contribution is 2.50. The first-order valence-corrected chi connectivity index (χ1v) is 9.38. The van der Waals surface area contributed by atoms with Crippen LogP contribution in [0.1, 0.15) is 39.9 Å². The summed E-state index contributed by atoms with van der Waals surface area (Å²) in [4.78, 5) is 14.0. The summed E-state index contributed by atoms with van der Waals surface area (Å²) in [5.74, 6) is 0.898. The summed E-state index contributed by atoms with van der Waals surface area (Å²) in [6.45, 7) is 0. The van der Waals surface area contributed by atoms with E-state index in [1.807, 2.05) is 6.07 Å². The molecule has 4 rings (SSSR count). The lowest BCUT2D eigenvalue weighted by Crippen LogP contribution is -2.29. The summed E-state index contributed by atoms with van der Waals surface area (Å²) in [7, 11) is 3.59. The number of hydrogen-bond donors (Lipinski definition) is 1. The van der Waals surface area contributed by atoms with Gasteiger partial charge in [0.2, 0.25) is 0 Å². The van der Waals surface area contributed by atoms with Gasteiger partial charge in [-0.1, -0.05) is 40.2 Å². The first-order chi connectivity index (χ1) is 12.0. The number of allylic oxidation sites excluding steroid dienone is 2. The topological polar surface area (TPSA) is 32.3 Å². The highest BCUT2D eigenvalue weighted by atomic mass is 79.9. The molecule has 3 unspecified atom stereocenters. The van der Waals surface area contributed by atoms with Gasteiger partial charge in [-0.3, -0.25) is 4.79 Å². The Morgan fingerprint density at radius 1 is 1.16 bits per heavy atom. The smallest absolute Gasteiger partial charge is 0.253 e. The van der Waals surface area contributed by atoms with E-state index in [0.717, 1.165) is 22.1 Å². The van der Waals surface area contributed by atoms with Crippen LogP contribution in [0.2, 0.25) is 0 Å². The Morgan fingerprint density at radius 2 is 1.92 bits per heavy atom. The van der Waals surface area contributed by atoms with Gasteiger partial charge in [0.15, 0.2) is 0 Å². The molecule has 1 amide bonds. The van der Waals surface area contributed by atoms with Gasteiger partial charge in [-0.25, -0.2) is 0 Å². The van der Waals surface area contributed by atoms with Crippen molar-refractivity contribution in [2.24, 2.45) is 5.92 Å². The molecule has 0 saturated carbocycles. The lowest BCUT2D eigenvalue weighted by molar-refractivity contribution is 0.0827. The summed E-state index contributed by atoms with van der Waals surface area (Å²) in [6.07, 6.45) is 5.64. The number of fused-ring (bicyclic) bond motifs is 3. The molecule has 3 atom stereocenters. The normalized spacial score (nSPS) is 23.6. The highest BCUT2D eigenvalue weighted by molar-refractivity contribution is 9.10. The number of carbonyl (C=O) groups is 1. The van der Waals surface area contributed by atoms with Crippen LogP contribution in [0.5, 0.6) is 0 Å². The molecule has 0 bridgehead atoms. The van der Waals surface area contributed by atoms with Crippen LogP contribution in [-0.4, -0.2) is 24.9 Å². The monoisotopic (exact) mass is 396 g/mol. The molecule has 0 radical (unpaired) electrons. The molecule has 0 saturated heterocycles. The summed E-state index contributed by atoms with van der Waals surface area (Å²) < 4.78 is 1.10. The zero-order chi connectivity index (χ0) is 17.6. The van der Waals surface area contributed by atoms with Gasteiger partial charge in [0.05, 0.1) is 6.04 Å². The lowest BCUT2D eigenvalue weighted by Gasteiger charge is -2.37. The van der Waals surface area contributed by atoms with Crippen molar-refractivity contribution in [2.45, 2.75) is 18.4 Å². The number of hydrogen-bond acceptors (Lipinski definition) is 2. The number of halogens is 1. The van der Waals surface area contributed by atoms with Crippen molar-refractivity contribution >= 4 is 27.5 Å². The molecule has 0 spiro atoms. The summed E-state index contributed by atoms with van der Waals surface area (Å²) in [5.41, 5.74) is 4.43. The predicted molar refractivity (Wildman–Crippen MR) is 105 cm³/mol. The number of nitrogens with one attached hydrogen (secondary N) is 1. The van der Waals surface area contributed by atoms with E-state index in [4.69, 9.17) is 0 Å².